The molecule has 0 saturated carbocycles. The van der Waals surface area contributed by atoms with E-state index in [9.17, 15) is 0 Å². The van der Waals surface area contributed by atoms with E-state index in [2.05, 4.69) is 29.2 Å². The third-order valence-electron chi connectivity index (χ3n) is 2.02. The zero-order valence-electron chi connectivity index (χ0n) is 7.33. The number of aromatic nitrogens is 1. The third-order valence-corrected chi connectivity index (χ3v) is 2.02. The summed E-state index contributed by atoms with van der Waals surface area (Å²) in [5, 5.41) is 1.24. The zero-order chi connectivity index (χ0) is 9.10. The van der Waals surface area contributed by atoms with Gasteiger partial charge in [0.05, 0.1) is 0 Å². The largest absolute Gasteiger partial charge is 0.361 e. The maximum Gasteiger partial charge on any atom is 0.0454 e. The molecule has 0 radical (unpaired) electrons. The Labute approximate surface area is 77.1 Å². The molecule has 0 fully saturated rings. The number of rotatable bonds is 2. The van der Waals surface area contributed by atoms with E-state index in [0.717, 1.165) is 0 Å². The molecule has 0 bridgehead atoms. The lowest BCUT2D eigenvalue weighted by atomic mass is 10.1. The van der Waals surface area contributed by atoms with Crippen molar-refractivity contribution in [2.45, 2.75) is 0 Å². The molecule has 3 N–H and O–H groups in total. The predicted molar refractivity (Wildman–Crippen MR) is 56.4 cm³/mol. The highest BCUT2D eigenvalue weighted by atomic mass is 14.7. The van der Waals surface area contributed by atoms with Gasteiger partial charge < -0.3 is 10.7 Å². The van der Waals surface area contributed by atoms with Gasteiger partial charge in [0.15, 0.2) is 0 Å². The number of fused-ring (bicyclic) bond motifs is 1. The first-order chi connectivity index (χ1) is 6.40. The zero-order valence-corrected chi connectivity index (χ0v) is 7.33. The number of hydrogen-bond acceptors (Lipinski definition) is 1. The van der Waals surface area contributed by atoms with Gasteiger partial charge in [-0.1, -0.05) is 18.2 Å². The molecule has 2 nitrogen and oxygen atoms in total. The van der Waals surface area contributed by atoms with Crippen LogP contribution < -0.4 is 5.73 Å². The van der Waals surface area contributed by atoms with Gasteiger partial charge in [-0.05, 0) is 29.1 Å². The monoisotopic (exact) mass is 172 g/mol. The van der Waals surface area contributed by atoms with Crippen LogP contribution in [-0.2, 0) is 0 Å². The van der Waals surface area contributed by atoms with E-state index >= 15 is 0 Å². The van der Waals surface area contributed by atoms with Crippen molar-refractivity contribution in [3.05, 3.63) is 42.1 Å². The van der Waals surface area contributed by atoms with Gasteiger partial charge in [0.2, 0.25) is 0 Å². The summed E-state index contributed by atoms with van der Waals surface area (Å²) in [4.78, 5) is 3.15. The average Bonchev–Trinajstić information content (AvgIpc) is 2.61. The number of benzene rings is 1. The van der Waals surface area contributed by atoms with Crippen LogP contribution in [0.4, 0.5) is 0 Å². The van der Waals surface area contributed by atoms with Crippen LogP contribution >= 0.6 is 0 Å². The molecule has 1 heterocycles. The molecule has 13 heavy (non-hydrogen) atoms. The standard InChI is InChI=1S/C11H12N2/c12-6-1-2-9-3-4-11-10(8-9)5-7-13-11/h1-5,7-8,13H,6,12H2. The second kappa shape index (κ2) is 3.46. The van der Waals surface area contributed by atoms with Crippen molar-refractivity contribution in [1.29, 1.82) is 0 Å². The first-order valence-electron chi connectivity index (χ1n) is 4.34. The van der Waals surface area contributed by atoms with E-state index in [1.165, 1.54) is 16.5 Å². The summed E-state index contributed by atoms with van der Waals surface area (Å²) in [6.07, 6.45) is 5.93. The Morgan fingerprint density at radius 3 is 3.08 bits per heavy atom. The second-order valence-corrected chi connectivity index (χ2v) is 2.96. The Morgan fingerprint density at radius 2 is 2.23 bits per heavy atom. The smallest absolute Gasteiger partial charge is 0.0454 e. The van der Waals surface area contributed by atoms with E-state index in [-0.39, 0.29) is 0 Å². The van der Waals surface area contributed by atoms with E-state index in [0.29, 0.717) is 6.54 Å². The van der Waals surface area contributed by atoms with Gasteiger partial charge in [0.25, 0.3) is 0 Å². The summed E-state index contributed by atoms with van der Waals surface area (Å²) in [6, 6.07) is 8.35. The predicted octanol–water partition coefficient (Wildman–Crippen LogP) is 2.14. The minimum absolute atomic E-state index is 0.588. The summed E-state index contributed by atoms with van der Waals surface area (Å²) in [5.74, 6) is 0. The van der Waals surface area contributed by atoms with Gasteiger partial charge >= 0.3 is 0 Å². The van der Waals surface area contributed by atoms with Crippen molar-refractivity contribution in [2.24, 2.45) is 5.73 Å². The van der Waals surface area contributed by atoms with Crippen LogP contribution in [0.5, 0.6) is 0 Å². The van der Waals surface area contributed by atoms with Gasteiger partial charge in [-0.2, -0.15) is 0 Å². The molecule has 0 atom stereocenters. The highest BCUT2D eigenvalue weighted by Gasteiger charge is 1.93. The number of nitrogens with two attached hydrogens (primary N) is 1. The molecule has 0 aliphatic heterocycles. The maximum absolute atomic E-state index is 5.38. The van der Waals surface area contributed by atoms with Crippen LogP contribution in [0.15, 0.2) is 36.5 Å². The Morgan fingerprint density at radius 1 is 1.31 bits per heavy atom. The van der Waals surface area contributed by atoms with Crippen LogP contribution in [0.2, 0.25) is 0 Å². The number of H-pyrrole nitrogens is 1. The van der Waals surface area contributed by atoms with Crippen molar-refractivity contribution in [1.82, 2.24) is 4.98 Å². The fourth-order valence-corrected chi connectivity index (χ4v) is 1.38. The van der Waals surface area contributed by atoms with Crippen LogP contribution in [0.25, 0.3) is 17.0 Å². The minimum Gasteiger partial charge on any atom is -0.361 e. The van der Waals surface area contributed by atoms with E-state index in [1.807, 2.05) is 18.3 Å². The molecular formula is C11H12N2. The molecular weight excluding hydrogens is 160 g/mol. The third kappa shape index (κ3) is 1.63. The lowest BCUT2D eigenvalue weighted by Gasteiger charge is -1.93. The molecule has 0 amide bonds. The normalized spacial score (nSPS) is 11.5. The van der Waals surface area contributed by atoms with Crippen LogP contribution in [-0.4, -0.2) is 11.5 Å². The van der Waals surface area contributed by atoms with Crippen molar-refractivity contribution >= 4 is 17.0 Å². The molecule has 66 valence electrons. The number of aromatic amines is 1. The van der Waals surface area contributed by atoms with Crippen molar-refractivity contribution < 1.29 is 0 Å². The molecule has 0 spiro atoms. The van der Waals surface area contributed by atoms with Crippen LogP contribution in [0.3, 0.4) is 0 Å². The molecule has 0 unspecified atom stereocenters. The fraction of sp³-hybridized carbons (Fsp3) is 0.0909. The summed E-state index contributed by atoms with van der Waals surface area (Å²) < 4.78 is 0. The van der Waals surface area contributed by atoms with Gasteiger partial charge in [-0.25, -0.2) is 0 Å². The molecule has 0 saturated heterocycles. The minimum atomic E-state index is 0.588. The molecule has 2 heteroatoms. The summed E-state index contributed by atoms with van der Waals surface area (Å²) >= 11 is 0. The Kier molecular flexibility index (Phi) is 2.15. The van der Waals surface area contributed by atoms with Gasteiger partial charge in [0.1, 0.15) is 0 Å². The Balaban J connectivity index is 2.42. The molecule has 1 aromatic carbocycles. The molecule has 0 aliphatic carbocycles. The topological polar surface area (TPSA) is 41.8 Å². The van der Waals surface area contributed by atoms with E-state index in [1.54, 1.807) is 0 Å². The highest BCUT2D eigenvalue weighted by molar-refractivity contribution is 5.81. The van der Waals surface area contributed by atoms with E-state index < -0.39 is 0 Å². The summed E-state index contributed by atoms with van der Waals surface area (Å²) in [5.41, 5.74) is 7.74. The summed E-state index contributed by atoms with van der Waals surface area (Å²) in [6.45, 7) is 0.588. The Bertz CT molecular complexity index is 426. The highest BCUT2D eigenvalue weighted by Crippen LogP contribution is 2.14. The van der Waals surface area contributed by atoms with Crippen LogP contribution in [0.1, 0.15) is 5.56 Å². The maximum atomic E-state index is 5.38. The van der Waals surface area contributed by atoms with Crippen molar-refractivity contribution in [3.8, 4) is 0 Å². The van der Waals surface area contributed by atoms with Gasteiger partial charge in [0, 0.05) is 18.3 Å². The summed E-state index contributed by atoms with van der Waals surface area (Å²) in [7, 11) is 0. The van der Waals surface area contributed by atoms with Crippen molar-refractivity contribution in [2.75, 3.05) is 6.54 Å². The molecule has 1 aromatic heterocycles. The SMILES string of the molecule is NCC=Cc1ccc2[nH]ccc2c1. The quantitative estimate of drug-likeness (QED) is 0.716. The second-order valence-electron chi connectivity index (χ2n) is 2.96. The Hall–Kier alpha value is -1.54. The molecule has 0 aliphatic rings. The first kappa shape index (κ1) is 8.08. The lowest BCUT2D eigenvalue weighted by Crippen LogP contribution is -1.91. The van der Waals surface area contributed by atoms with Gasteiger partial charge in [-0.15, -0.1) is 0 Å². The van der Waals surface area contributed by atoms with Gasteiger partial charge in [-0.3, -0.25) is 0 Å². The van der Waals surface area contributed by atoms with E-state index in [4.69, 9.17) is 5.73 Å². The lowest BCUT2D eigenvalue weighted by molar-refractivity contribution is 1.26. The number of nitrogens with one attached hydrogen (secondary N) is 1. The average molecular weight is 172 g/mol. The molecule has 2 rings (SSSR count). The van der Waals surface area contributed by atoms with Crippen molar-refractivity contribution in [3.63, 3.8) is 0 Å². The molecule has 2 aromatic rings. The fourth-order valence-electron chi connectivity index (χ4n) is 1.38. The number of hydrogen-bond donors (Lipinski definition) is 2. The van der Waals surface area contributed by atoms with Crippen LogP contribution in [0, 0.1) is 0 Å². The first-order valence-corrected chi connectivity index (χ1v) is 4.34.